The summed E-state index contributed by atoms with van der Waals surface area (Å²) < 4.78 is 6.62. The number of ether oxygens (including phenoxy) is 1. The van der Waals surface area contributed by atoms with Gasteiger partial charge in [-0.05, 0) is 66.1 Å². The van der Waals surface area contributed by atoms with Crippen LogP contribution in [0.15, 0.2) is 6.07 Å². The zero-order valence-electron chi connectivity index (χ0n) is 7.86. The van der Waals surface area contributed by atoms with Crippen molar-refractivity contribution in [1.82, 2.24) is 0 Å². The first-order valence-corrected chi connectivity index (χ1v) is 4.96. The van der Waals surface area contributed by atoms with Gasteiger partial charge in [0.05, 0.1) is 7.11 Å². The molecular formula is C10H13IO. The standard InChI is InChI=1S/C10H13IO/c1-6-5-9(11)7(2)8(3)10(6)12-4/h5H,1-4H3. The Labute approximate surface area is 87.3 Å². The maximum Gasteiger partial charge on any atom is 0.125 e. The maximum atomic E-state index is 5.31. The van der Waals surface area contributed by atoms with Crippen molar-refractivity contribution in [2.75, 3.05) is 7.11 Å². The predicted octanol–water partition coefficient (Wildman–Crippen LogP) is 3.23. The van der Waals surface area contributed by atoms with Crippen molar-refractivity contribution in [3.8, 4) is 5.75 Å². The lowest BCUT2D eigenvalue weighted by atomic mass is 10.1. The van der Waals surface area contributed by atoms with Gasteiger partial charge in [0.2, 0.25) is 0 Å². The van der Waals surface area contributed by atoms with E-state index in [0.717, 1.165) is 5.75 Å². The van der Waals surface area contributed by atoms with Crippen molar-refractivity contribution < 1.29 is 4.74 Å². The second kappa shape index (κ2) is 3.64. The Morgan fingerprint density at radius 2 is 1.75 bits per heavy atom. The van der Waals surface area contributed by atoms with Gasteiger partial charge in [0.25, 0.3) is 0 Å². The third-order valence-corrected chi connectivity index (χ3v) is 3.29. The van der Waals surface area contributed by atoms with Gasteiger partial charge in [-0.1, -0.05) is 0 Å². The van der Waals surface area contributed by atoms with Crippen LogP contribution < -0.4 is 4.74 Å². The van der Waals surface area contributed by atoms with E-state index in [0.29, 0.717) is 0 Å². The molecule has 2 heteroatoms. The molecule has 1 nitrogen and oxygen atoms in total. The molecule has 0 spiro atoms. The Morgan fingerprint density at radius 3 is 2.25 bits per heavy atom. The van der Waals surface area contributed by atoms with Crippen molar-refractivity contribution in [3.63, 3.8) is 0 Å². The molecule has 1 aromatic rings. The molecule has 0 radical (unpaired) electrons. The number of rotatable bonds is 1. The summed E-state index contributed by atoms with van der Waals surface area (Å²) in [4.78, 5) is 0. The highest BCUT2D eigenvalue weighted by Crippen LogP contribution is 2.28. The Morgan fingerprint density at radius 1 is 1.17 bits per heavy atom. The molecule has 0 heterocycles. The highest BCUT2D eigenvalue weighted by Gasteiger charge is 2.07. The summed E-state index contributed by atoms with van der Waals surface area (Å²) in [5, 5.41) is 0. The van der Waals surface area contributed by atoms with Crippen LogP contribution in [0, 0.1) is 24.3 Å². The fraction of sp³-hybridized carbons (Fsp3) is 0.400. The summed E-state index contributed by atoms with van der Waals surface area (Å²) >= 11 is 2.35. The van der Waals surface area contributed by atoms with Crippen LogP contribution in [0.5, 0.6) is 5.75 Å². The van der Waals surface area contributed by atoms with Gasteiger partial charge < -0.3 is 4.74 Å². The molecule has 0 aliphatic heterocycles. The quantitative estimate of drug-likeness (QED) is 0.715. The second-order valence-corrected chi connectivity index (χ2v) is 4.12. The monoisotopic (exact) mass is 276 g/mol. The van der Waals surface area contributed by atoms with E-state index < -0.39 is 0 Å². The topological polar surface area (TPSA) is 9.23 Å². The van der Waals surface area contributed by atoms with E-state index in [-0.39, 0.29) is 0 Å². The first-order valence-electron chi connectivity index (χ1n) is 3.88. The van der Waals surface area contributed by atoms with Crippen molar-refractivity contribution in [2.24, 2.45) is 0 Å². The predicted molar refractivity (Wildman–Crippen MR) is 59.9 cm³/mol. The fourth-order valence-electron chi connectivity index (χ4n) is 1.32. The van der Waals surface area contributed by atoms with Crippen molar-refractivity contribution in [2.45, 2.75) is 20.8 Å². The van der Waals surface area contributed by atoms with Crippen LogP contribution in [0.3, 0.4) is 0 Å². The summed E-state index contributed by atoms with van der Waals surface area (Å²) in [6.45, 7) is 6.30. The highest BCUT2D eigenvalue weighted by atomic mass is 127. The minimum Gasteiger partial charge on any atom is -0.496 e. The van der Waals surface area contributed by atoms with E-state index in [1.165, 1.54) is 20.3 Å². The Bertz CT molecular complexity index is 305. The molecule has 0 bridgehead atoms. The average molecular weight is 276 g/mol. The molecule has 0 saturated carbocycles. The molecular weight excluding hydrogens is 263 g/mol. The fourth-order valence-corrected chi connectivity index (χ4v) is 2.19. The normalized spacial score (nSPS) is 10.1. The van der Waals surface area contributed by atoms with Gasteiger partial charge in [0, 0.05) is 3.57 Å². The molecule has 0 unspecified atom stereocenters. The van der Waals surface area contributed by atoms with Crippen LogP contribution in [0.25, 0.3) is 0 Å². The van der Waals surface area contributed by atoms with E-state index in [9.17, 15) is 0 Å². The van der Waals surface area contributed by atoms with Gasteiger partial charge in [-0.2, -0.15) is 0 Å². The molecule has 1 rings (SSSR count). The number of benzene rings is 1. The summed E-state index contributed by atoms with van der Waals surface area (Å²) in [5.41, 5.74) is 3.78. The molecule has 0 saturated heterocycles. The van der Waals surface area contributed by atoms with Crippen molar-refractivity contribution >= 4 is 22.6 Å². The molecule has 0 aliphatic rings. The van der Waals surface area contributed by atoms with Crippen molar-refractivity contribution in [1.29, 1.82) is 0 Å². The van der Waals surface area contributed by atoms with Gasteiger partial charge in [-0.15, -0.1) is 0 Å². The SMILES string of the molecule is COc1c(C)cc(I)c(C)c1C. The zero-order chi connectivity index (χ0) is 9.30. The first kappa shape index (κ1) is 9.84. The van der Waals surface area contributed by atoms with Crippen LogP contribution in [0.1, 0.15) is 16.7 Å². The lowest BCUT2D eigenvalue weighted by Crippen LogP contribution is -1.95. The Kier molecular flexibility index (Phi) is 2.99. The van der Waals surface area contributed by atoms with Crippen molar-refractivity contribution in [3.05, 3.63) is 26.3 Å². The summed E-state index contributed by atoms with van der Waals surface area (Å²) in [6.07, 6.45) is 0. The number of methoxy groups -OCH3 is 1. The largest absolute Gasteiger partial charge is 0.496 e. The lowest BCUT2D eigenvalue weighted by molar-refractivity contribution is 0.408. The molecule has 0 N–H and O–H groups in total. The summed E-state index contributed by atoms with van der Waals surface area (Å²) in [6, 6.07) is 2.15. The number of halogens is 1. The summed E-state index contributed by atoms with van der Waals surface area (Å²) in [7, 11) is 1.72. The van der Waals surface area contributed by atoms with Crippen LogP contribution >= 0.6 is 22.6 Å². The van der Waals surface area contributed by atoms with Crippen LogP contribution in [-0.2, 0) is 0 Å². The molecule has 66 valence electrons. The van der Waals surface area contributed by atoms with E-state index in [4.69, 9.17) is 4.74 Å². The van der Waals surface area contributed by atoms with Gasteiger partial charge in [0.1, 0.15) is 5.75 Å². The maximum absolute atomic E-state index is 5.31. The van der Waals surface area contributed by atoms with Gasteiger partial charge >= 0.3 is 0 Å². The number of aryl methyl sites for hydroxylation is 1. The lowest BCUT2D eigenvalue weighted by Gasteiger charge is -2.12. The van der Waals surface area contributed by atoms with Gasteiger partial charge in [0.15, 0.2) is 0 Å². The van der Waals surface area contributed by atoms with Gasteiger partial charge in [-0.3, -0.25) is 0 Å². The van der Waals surface area contributed by atoms with Crippen LogP contribution in [-0.4, -0.2) is 7.11 Å². The average Bonchev–Trinajstić information content (AvgIpc) is 2.01. The Hall–Kier alpha value is -0.250. The van der Waals surface area contributed by atoms with Gasteiger partial charge in [-0.25, -0.2) is 0 Å². The molecule has 0 amide bonds. The van der Waals surface area contributed by atoms with E-state index in [1.807, 2.05) is 0 Å². The first-order chi connectivity index (χ1) is 5.57. The highest BCUT2D eigenvalue weighted by molar-refractivity contribution is 14.1. The summed E-state index contributed by atoms with van der Waals surface area (Å²) in [5.74, 6) is 1.02. The van der Waals surface area contributed by atoms with Crippen LogP contribution in [0.4, 0.5) is 0 Å². The molecule has 0 aliphatic carbocycles. The van der Waals surface area contributed by atoms with E-state index in [2.05, 4.69) is 49.4 Å². The molecule has 1 aromatic carbocycles. The second-order valence-electron chi connectivity index (χ2n) is 2.96. The minimum absolute atomic E-state index is 1.02. The smallest absolute Gasteiger partial charge is 0.125 e. The third kappa shape index (κ3) is 1.58. The zero-order valence-corrected chi connectivity index (χ0v) is 10.0. The number of hydrogen-bond donors (Lipinski definition) is 0. The molecule has 0 fully saturated rings. The molecule has 12 heavy (non-hydrogen) atoms. The Balaban J connectivity index is 3.40. The molecule has 0 atom stereocenters. The van der Waals surface area contributed by atoms with E-state index >= 15 is 0 Å². The minimum atomic E-state index is 1.02. The molecule has 0 aromatic heterocycles. The van der Waals surface area contributed by atoms with Crippen LogP contribution in [0.2, 0.25) is 0 Å². The third-order valence-electron chi connectivity index (χ3n) is 2.17. The van der Waals surface area contributed by atoms with E-state index in [1.54, 1.807) is 7.11 Å². The number of hydrogen-bond acceptors (Lipinski definition) is 1.